The molecular formula is C19H17N3OS. The fourth-order valence-electron chi connectivity index (χ4n) is 2.56. The third kappa shape index (κ3) is 2.97. The van der Waals surface area contributed by atoms with Crippen LogP contribution in [0.25, 0.3) is 16.8 Å². The van der Waals surface area contributed by atoms with Crippen molar-refractivity contribution in [3.8, 4) is 23.1 Å². The van der Waals surface area contributed by atoms with Gasteiger partial charge in [0, 0.05) is 23.7 Å². The number of benzene rings is 1. The topological polar surface area (TPSA) is 49.2 Å². The molecule has 0 N–H and O–H groups in total. The van der Waals surface area contributed by atoms with Gasteiger partial charge in [0.25, 0.3) is 0 Å². The molecule has 1 aliphatic rings. The lowest BCUT2D eigenvalue weighted by Gasteiger charge is -2.22. The van der Waals surface area contributed by atoms with Crippen LogP contribution >= 0.6 is 11.3 Å². The summed E-state index contributed by atoms with van der Waals surface area (Å²) >= 11 is 1.47. The lowest BCUT2D eigenvalue weighted by molar-refractivity contribution is 0.416. The number of likely N-dealkylation sites (N-methyl/N-ethyl adjacent to an activating group) is 1. The lowest BCUT2D eigenvalue weighted by atomic mass is 10.1. The number of allylic oxidation sites excluding steroid dienone is 4. The predicted molar refractivity (Wildman–Crippen MR) is 97.3 cm³/mol. The van der Waals surface area contributed by atoms with E-state index in [2.05, 4.69) is 18.0 Å². The highest BCUT2D eigenvalue weighted by Crippen LogP contribution is 2.33. The zero-order valence-corrected chi connectivity index (χ0v) is 14.4. The van der Waals surface area contributed by atoms with E-state index in [9.17, 15) is 5.26 Å². The molecule has 120 valence electrons. The van der Waals surface area contributed by atoms with Crippen LogP contribution in [0.15, 0.2) is 59.8 Å². The van der Waals surface area contributed by atoms with Crippen molar-refractivity contribution in [3.05, 3.63) is 64.8 Å². The number of ether oxygens (including phenoxy) is 1. The largest absolute Gasteiger partial charge is 0.496 e. The van der Waals surface area contributed by atoms with E-state index in [-0.39, 0.29) is 0 Å². The first-order valence-electron chi connectivity index (χ1n) is 7.63. The third-order valence-corrected chi connectivity index (χ3v) is 4.61. The molecule has 2 aromatic rings. The fraction of sp³-hybridized carbons (Fsp3) is 0.158. The molecule has 0 aliphatic carbocycles. The van der Waals surface area contributed by atoms with Gasteiger partial charge in [-0.05, 0) is 31.2 Å². The van der Waals surface area contributed by atoms with Crippen LogP contribution in [0.4, 0.5) is 0 Å². The van der Waals surface area contributed by atoms with Gasteiger partial charge in [0.1, 0.15) is 22.4 Å². The highest BCUT2D eigenvalue weighted by Gasteiger charge is 2.17. The van der Waals surface area contributed by atoms with Crippen molar-refractivity contribution in [2.24, 2.45) is 0 Å². The first kappa shape index (κ1) is 16.0. The monoisotopic (exact) mass is 335 g/mol. The second kappa shape index (κ2) is 7.16. The first-order chi connectivity index (χ1) is 11.8. The smallest absolute Gasteiger partial charge is 0.136 e. The van der Waals surface area contributed by atoms with Crippen LogP contribution in [0.5, 0.6) is 5.75 Å². The maximum absolute atomic E-state index is 9.68. The van der Waals surface area contributed by atoms with Gasteiger partial charge < -0.3 is 9.64 Å². The maximum atomic E-state index is 9.68. The number of methoxy groups -OCH3 is 1. The molecule has 0 unspecified atom stereocenters. The van der Waals surface area contributed by atoms with Gasteiger partial charge in [0.2, 0.25) is 0 Å². The quantitative estimate of drug-likeness (QED) is 0.774. The van der Waals surface area contributed by atoms with E-state index in [0.717, 1.165) is 29.2 Å². The van der Waals surface area contributed by atoms with Crippen LogP contribution in [0.2, 0.25) is 0 Å². The number of aromatic nitrogens is 1. The normalized spacial score (nSPS) is 15.3. The number of nitrogens with zero attached hydrogens (tertiary/aromatic N) is 3. The van der Waals surface area contributed by atoms with Crippen LogP contribution in [0, 0.1) is 11.3 Å². The number of hydrogen-bond acceptors (Lipinski definition) is 5. The Hall–Kier alpha value is -2.84. The molecule has 0 atom stereocenters. The number of rotatable bonds is 4. The van der Waals surface area contributed by atoms with Gasteiger partial charge in [0.15, 0.2) is 0 Å². The van der Waals surface area contributed by atoms with E-state index in [1.807, 2.05) is 59.0 Å². The van der Waals surface area contributed by atoms with Crippen LogP contribution in [0.1, 0.15) is 11.9 Å². The highest BCUT2D eigenvalue weighted by molar-refractivity contribution is 7.11. The lowest BCUT2D eigenvalue weighted by Crippen LogP contribution is -2.17. The molecule has 5 heteroatoms. The summed E-state index contributed by atoms with van der Waals surface area (Å²) in [6, 6.07) is 10.1. The highest BCUT2D eigenvalue weighted by atomic mass is 32.1. The van der Waals surface area contributed by atoms with Crippen molar-refractivity contribution in [1.82, 2.24) is 9.88 Å². The van der Waals surface area contributed by atoms with Crippen molar-refractivity contribution in [2.75, 3.05) is 13.7 Å². The molecule has 3 rings (SSSR count). The van der Waals surface area contributed by atoms with Crippen LogP contribution < -0.4 is 4.74 Å². The molecule has 24 heavy (non-hydrogen) atoms. The summed E-state index contributed by atoms with van der Waals surface area (Å²) in [5, 5.41) is 12.4. The Morgan fingerprint density at radius 1 is 1.33 bits per heavy atom. The summed E-state index contributed by atoms with van der Waals surface area (Å²) in [6.07, 6.45) is 7.82. The van der Waals surface area contributed by atoms with E-state index in [1.165, 1.54) is 11.3 Å². The number of thiazole rings is 1. The molecule has 0 fully saturated rings. The standard InChI is InChI=1S/C19H17N3OS/c1-3-22-11-7-6-9-17(22)15(12-20)19-21-16(13-24-19)14-8-4-5-10-18(14)23-2/h4-11,13H,3H2,1-2H3/b17-15+. The van der Waals surface area contributed by atoms with Gasteiger partial charge in [-0.2, -0.15) is 5.26 Å². The van der Waals surface area contributed by atoms with Gasteiger partial charge in [0.05, 0.1) is 18.5 Å². The molecule has 2 heterocycles. The van der Waals surface area contributed by atoms with Crippen molar-refractivity contribution in [2.45, 2.75) is 6.92 Å². The SMILES string of the molecule is CCN1C=CC=C/C1=C(/C#N)c1nc(-c2ccccc2OC)cs1. The fourth-order valence-corrected chi connectivity index (χ4v) is 3.38. The zero-order chi connectivity index (χ0) is 16.9. The molecule has 0 saturated carbocycles. The van der Waals surface area contributed by atoms with E-state index in [0.29, 0.717) is 10.6 Å². The molecule has 4 nitrogen and oxygen atoms in total. The average Bonchev–Trinajstić information content (AvgIpc) is 3.12. The van der Waals surface area contributed by atoms with E-state index < -0.39 is 0 Å². The Labute approximate surface area is 145 Å². The van der Waals surface area contributed by atoms with Crippen LogP contribution in [-0.4, -0.2) is 23.5 Å². The van der Waals surface area contributed by atoms with Crippen molar-refractivity contribution in [3.63, 3.8) is 0 Å². The Bertz CT molecular complexity index is 871. The number of nitriles is 1. The molecule has 0 radical (unpaired) electrons. The van der Waals surface area contributed by atoms with Crippen molar-refractivity contribution >= 4 is 16.9 Å². The summed E-state index contributed by atoms with van der Waals surface area (Å²) in [6.45, 7) is 2.85. The molecule has 1 aromatic heterocycles. The third-order valence-electron chi connectivity index (χ3n) is 3.75. The van der Waals surface area contributed by atoms with Crippen LogP contribution in [0.3, 0.4) is 0 Å². The Morgan fingerprint density at radius 2 is 2.17 bits per heavy atom. The van der Waals surface area contributed by atoms with Gasteiger partial charge in [-0.1, -0.05) is 18.2 Å². The minimum atomic E-state index is 0.587. The van der Waals surface area contributed by atoms with E-state index in [4.69, 9.17) is 4.74 Å². The Balaban J connectivity index is 2.05. The molecule has 0 saturated heterocycles. The molecule has 1 aromatic carbocycles. The van der Waals surface area contributed by atoms with Gasteiger partial charge in [-0.15, -0.1) is 11.3 Å². The Kier molecular flexibility index (Phi) is 4.78. The number of para-hydroxylation sites is 1. The molecule has 0 bridgehead atoms. The van der Waals surface area contributed by atoms with Gasteiger partial charge >= 0.3 is 0 Å². The maximum Gasteiger partial charge on any atom is 0.136 e. The summed E-state index contributed by atoms with van der Waals surface area (Å²) in [7, 11) is 1.65. The summed E-state index contributed by atoms with van der Waals surface area (Å²) in [4.78, 5) is 6.72. The minimum Gasteiger partial charge on any atom is -0.496 e. The predicted octanol–water partition coefficient (Wildman–Crippen LogP) is 4.46. The first-order valence-corrected chi connectivity index (χ1v) is 8.51. The molecule has 1 aliphatic heterocycles. The molecule has 0 amide bonds. The zero-order valence-electron chi connectivity index (χ0n) is 13.6. The minimum absolute atomic E-state index is 0.587. The van der Waals surface area contributed by atoms with E-state index >= 15 is 0 Å². The second-order valence-corrected chi connectivity index (χ2v) is 5.95. The van der Waals surface area contributed by atoms with Gasteiger partial charge in [-0.3, -0.25) is 0 Å². The molecular weight excluding hydrogens is 318 g/mol. The number of hydrogen-bond donors (Lipinski definition) is 0. The van der Waals surface area contributed by atoms with Crippen molar-refractivity contribution in [1.29, 1.82) is 5.26 Å². The van der Waals surface area contributed by atoms with Crippen LogP contribution in [-0.2, 0) is 0 Å². The molecule has 0 spiro atoms. The summed E-state index contributed by atoms with van der Waals surface area (Å²) in [5.74, 6) is 0.774. The van der Waals surface area contributed by atoms with Crippen molar-refractivity contribution < 1.29 is 4.74 Å². The summed E-state index contributed by atoms with van der Waals surface area (Å²) < 4.78 is 5.41. The average molecular weight is 335 g/mol. The van der Waals surface area contributed by atoms with E-state index in [1.54, 1.807) is 7.11 Å². The summed E-state index contributed by atoms with van der Waals surface area (Å²) in [5.41, 5.74) is 3.21. The van der Waals surface area contributed by atoms with Gasteiger partial charge in [-0.25, -0.2) is 4.98 Å². The Morgan fingerprint density at radius 3 is 2.92 bits per heavy atom. The second-order valence-electron chi connectivity index (χ2n) is 5.10.